The molecule has 0 amide bonds. The Morgan fingerprint density at radius 2 is 1.94 bits per heavy atom. The van der Waals surface area contributed by atoms with Crippen molar-refractivity contribution >= 4 is 20.2 Å². The summed E-state index contributed by atoms with van der Waals surface area (Å²) < 4.78 is 59.0. The van der Waals surface area contributed by atoms with E-state index in [2.05, 4.69) is 11.1 Å². The van der Waals surface area contributed by atoms with Crippen LogP contribution in [0.2, 0.25) is 0 Å². The highest BCUT2D eigenvalue weighted by atomic mass is 32.3. The molecule has 0 aliphatic carbocycles. The van der Waals surface area contributed by atoms with E-state index in [1.54, 1.807) is 6.92 Å². The zero-order chi connectivity index (χ0) is 14.2. The molecule has 1 atom stereocenters. The fourth-order valence-electron chi connectivity index (χ4n) is 1.17. The summed E-state index contributed by atoms with van der Waals surface area (Å²) in [6, 6.07) is 0. The Morgan fingerprint density at radius 1 is 1.33 bits per heavy atom. The minimum atomic E-state index is -4.53. The maximum atomic E-state index is 10.6. The first-order valence-electron chi connectivity index (χ1n) is 5.60. The molecule has 0 aromatic carbocycles. The number of hydrogen-bond acceptors (Lipinski definition) is 6. The van der Waals surface area contributed by atoms with E-state index in [0.717, 1.165) is 6.61 Å². The molecular weight excluding hydrogens is 284 g/mol. The van der Waals surface area contributed by atoms with Crippen molar-refractivity contribution in [3.8, 4) is 0 Å². The molecule has 0 spiro atoms. The van der Waals surface area contributed by atoms with E-state index < -0.39 is 25.3 Å². The van der Waals surface area contributed by atoms with Crippen molar-refractivity contribution in [1.29, 1.82) is 0 Å². The first-order valence-corrected chi connectivity index (χ1v) is 8.79. The first kappa shape index (κ1) is 17.8. The standard InChI is InChI=1S/C5H10O.C4H10O6S2/c1-5-3-2-4-6-5;1-2-3-10-12(8,9)4-11(5,6)7/h5H,2-4H2,1H3;2-4H2,1H3,(H,5,6,7). The number of ether oxygens (including phenoxy) is 1. The van der Waals surface area contributed by atoms with Gasteiger partial charge in [0, 0.05) is 6.61 Å². The summed E-state index contributed by atoms with van der Waals surface area (Å²) in [4.78, 5) is 0. The van der Waals surface area contributed by atoms with E-state index in [0.29, 0.717) is 12.5 Å². The lowest BCUT2D eigenvalue weighted by Gasteiger charge is -2.00. The molecule has 0 radical (unpaired) electrons. The molecule has 7 nitrogen and oxygen atoms in total. The van der Waals surface area contributed by atoms with Crippen LogP contribution in [0.1, 0.15) is 33.1 Å². The summed E-state index contributed by atoms with van der Waals surface area (Å²) in [5, 5.41) is -1.39. The molecule has 18 heavy (non-hydrogen) atoms. The molecule has 1 heterocycles. The average molecular weight is 304 g/mol. The minimum Gasteiger partial charge on any atom is -0.379 e. The van der Waals surface area contributed by atoms with Gasteiger partial charge < -0.3 is 4.74 Å². The van der Waals surface area contributed by atoms with Gasteiger partial charge in [0.05, 0.1) is 12.7 Å². The lowest BCUT2D eigenvalue weighted by atomic mass is 10.3. The monoisotopic (exact) mass is 304 g/mol. The third kappa shape index (κ3) is 10.9. The van der Waals surface area contributed by atoms with Crippen LogP contribution in [0.25, 0.3) is 0 Å². The van der Waals surface area contributed by atoms with E-state index in [1.165, 1.54) is 12.8 Å². The Morgan fingerprint density at radius 3 is 2.22 bits per heavy atom. The van der Waals surface area contributed by atoms with Crippen molar-refractivity contribution in [2.24, 2.45) is 0 Å². The van der Waals surface area contributed by atoms with Gasteiger partial charge in [0.1, 0.15) is 0 Å². The van der Waals surface area contributed by atoms with E-state index in [1.807, 2.05) is 0 Å². The van der Waals surface area contributed by atoms with Crippen LogP contribution in [0.5, 0.6) is 0 Å². The molecular formula is C9H20O7S2. The zero-order valence-corrected chi connectivity index (χ0v) is 12.2. The molecule has 1 N–H and O–H groups in total. The van der Waals surface area contributed by atoms with E-state index in [-0.39, 0.29) is 6.61 Å². The predicted octanol–water partition coefficient (Wildman–Crippen LogP) is 0.773. The second-order valence-electron chi connectivity index (χ2n) is 3.90. The SMILES string of the molecule is CC1CCCO1.CCCOS(=O)(=O)CS(=O)(=O)O. The van der Waals surface area contributed by atoms with Gasteiger partial charge in [-0.1, -0.05) is 6.92 Å². The van der Waals surface area contributed by atoms with Crippen molar-refractivity contribution in [2.75, 3.05) is 18.3 Å². The van der Waals surface area contributed by atoms with Gasteiger partial charge in [0.2, 0.25) is 5.08 Å². The third-order valence-electron chi connectivity index (χ3n) is 1.92. The van der Waals surface area contributed by atoms with Gasteiger partial charge in [0.15, 0.2) is 0 Å². The van der Waals surface area contributed by atoms with Gasteiger partial charge in [-0.15, -0.1) is 0 Å². The van der Waals surface area contributed by atoms with Gasteiger partial charge >= 0.3 is 0 Å². The second-order valence-corrected chi connectivity index (χ2v) is 7.36. The quantitative estimate of drug-likeness (QED) is 0.590. The van der Waals surface area contributed by atoms with Crippen molar-refractivity contribution < 1.29 is 30.3 Å². The van der Waals surface area contributed by atoms with Crippen LogP contribution in [-0.2, 0) is 29.2 Å². The molecule has 1 rings (SSSR count). The summed E-state index contributed by atoms with van der Waals surface area (Å²) in [5.74, 6) is 0. The van der Waals surface area contributed by atoms with E-state index in [4.69, 9.17) is 9.29 Å². The van der Waals surface area contributed by atoms with Crippen LogP contribution < -0.4 is 0 Å². The van der Waals surface area contributed by atoms with Crippen LogP contribution in [0, 0.1) is 0 Å². The molecule has 9 heteroatoms. The fraction of sp³-hybridized carbons (Fsp3) is 1.00. The van der Waals surface area contributed by atoms with Crippen LogP contribution in [0.3, 0.4) is 0 Å². The van der Waals surface area contributed by atoms with Gasteiger partial charge in [0.25, 0.3) is 20.2 Å². The smallest absolute Gasteiger partial charge is 0.284 e. The predicted molar refractivity (Wildman–Crippen MR) is 66.2 cm³/mol. The molecule has 0 aromatic rings. The molecule has 110 valence electrons. The largest absolute Gasteiger partial charge is 0.379 e. The molecule has 1 unspecified atom stereocenters. The van der Waals surface area contributed by atoms with Crippen LogP contribution in [0.4, 0.5) is 0 Å². The summed E-state index contributed by atoms with van der Waals surface area (Å²) in [5.41, 5.74) is 0. The van der Waals surface area contributed by atoms with E-state index in [9.17, 15) is 16.8 Å². The topological polar surface area (TPSA) is 107 Å². The highest BCUT2D eigenvalue weighted by molar-refractivity contribution is 8.03. The molecule has 1 aliphatic rings. The Labute approximate surface area is 108 Å². The highest BCUT2D eigenvalue weighted by Crippen LogP contribution is 2.09. The van der Waals surface area contributed by atoms with Gasteiger partial charge in [-0.2, -0.15) is 16.8 Å². The number of rotatable bonds is 5. The maximum Gasteiger partial charge on any atom is 0.284 e. The van der Waals surface area contributed by atoms with Gasteiger partial charge in [-0.05, 0) is 26.2 Å². The Bertz CT molecular complexity index is 406. The zero-order valence-electron chi connectivity index (χ0n) is 10.5. The van der Waals surface area contributed by atoms with Gasteiger partial charge in [-0.3, -0.25) is 8.74 Å². The molecule has 0 saturated carbocycles. The lowest BCUT2D eigenvalue weighted by Crippen LogP contribution is -2.18. The van der Waals surface area contributed by atoms with Crippen molar-refractivity contribution in [3.63, 3.8) is 0 Å². The first-order chi connectivity index (χ1) is 8.16. The molecule has 1 fully saturated rings. The van der Waals surface area contributed by atoms with Crippen LogP contribution in [-0.4, -0.2) is 45.8 Å². The Balaban J connectivity index is 0.000000397. The summed E-state index contributed by atoms with van der Waals surface area (Å²) in [6.45, 7) is 4.69. The van der Waals surface area contributed by atoms with Crippen molar-refractivity contribution in [2.45, 2.75) is 39.2 Å². The van der Waals surface area contributed by atoms with Crippen molar-refractivity contribution in [1.82, 2.24) is 0 Å². The molecule has 0 aromatic heterocycles. The summed E-state index contributed by atoms with van der Waals surface area (Å²) >= 11 is 0. The van der Waals surface area contributed by atoms with E-state index >= 15 is 0 Å². The lowest BCUT2D eigenvalue weighted by molar-refractivity contribution is 0.125. The second kappa shape index (κ2) is 8.05. The van der Waals surface area contributed by atoms with Gasteiger partial charge in [-0.25, -0.2) is 0 Å². The molecule has 1 aliphatic heterocycles. The third-order valence-corrected chi connectivity index (χ3v) is 4.79. The summed E-state index contributed by atoms with van der Waals surface area (Å²) in [7, 11) is -8.66. The minimum absolute atomic E-state index is 0.0855. The van der Waals surface area contributed by atoms with Crippen LogP contribution in [0.15, 0.2) is 0 Å². The molecule has 0 bridgehead atoms. The van der Waals surface area contributed by atoms with Crippen LogP contribution >= 0.6 is 0 Å². The average Bonchev–Trinajstić information content (AvgIpc) is 2.63. The Hall–Kier alpha value is -0.220. The summed E-state index contributed by atoms with van der Waals surface area (Å²) in [6.07, 6.45) is 3.52. The maximum absolute atomic E-state index is 10.6. The highest BCUT2D eigenvalue weighted by Gasteiger charge is 2.20. The Kier molecular flexibility index (Phi) is 7.95. The van der Waals surface area contributed by atoms with Crippen molar-refractivity contribution in [3.05, 3.63) is 0 Å². The fourth-order valence-corrected chi connectivity index (χ4v) is 3.32. The number of hydrogen-bond donors (Lipinski definition) is 1. The normalized spacial score (nSPS) is 20.3. The molecule has 1 saturated heterocycles.